The predicted molar refractivity (Wildman–Crippen MR) is 99.4 cm³/mol. The lowest BCUT2D eigenvalue weighted by atomic mass is 10.0. The normalized spacial score (nSPS) is 17.6. The summed E-state index contributed by atoms with van der Waals surface area (Å²) in [7, 11) is 0. The van der Waals surface area contributed by atoms with Crippen molar-refractivity contribution in [1.29, 1.82) is 0 Å². The molecule has 2 aromatic heterocycles. The molecule has 1 aliphatic heterocycles. The van der Waals surface area contributed by atoms with E-state index in [9.17, 15) is 13.2 Å². The van der Waals surface area contributed by atoms with Crippen LogP contribution in [-0.2, 0) is 12.7 Å². The average molecular weight is 399 g/mol. The molecule has 0 aromatic carbocycles. The van der Waals surface area contributed by atoms with Crippen molar-refractivity contribution in [3.8, 4) is 0 Å². The molecule has 0 spiro atoms. The van der Waals surface area contributed by atoms with Gasteiger partial charge in [-0.05, 0) is 43.1 Å². The van der Waals surface area contributed by atoms with E-state index in [1.807, 2.05) is 4.90 Å². The SMILES string of the molecule is C[C@@H]1CCCN(c2cc(C(F)(F)F)nc(NC(=S)NCc3ccco3)n2)C1. The van der Waals surface area contributed by atoms with Gasteiger partial charge in [-0.25, -0.2) is 4.98 Å². The van der Waals surface area contributed by atoms with E-state index in [0.717, 1.165) is 18.9 Å². The zero-order chi connectivity index (χ0) is 19.4. The van der Waals surface area contributed by atoms with Crippen LogP contribution in [0.1, 0.15) is 31.2 Å². The first-order chi connectivity index (χ1) is 12.8. The first-order valence-corrected chi connectivity index (χ1v) is 9.00. The van der Waals surface area contributed by atoms with E-state index < -0.39 is 11.9 Å². The molecule has 0 saturated carbocycles. The minimum atomic E-state index is -4.57. The number of aromatic nitrogens is 2. The molecule has 0 bridgehead atoms. The van der Waals surface area contributed by atoms with Crippen molar-refractivity contribution in [3.63, 3.8) is 0 Å². The Kier molecular flexibility index (Phi) is 5.83. The zero-order valence-corrected chi connectivity index (χ0v) is 15.5. The smallest absolute Gasteiger partial charge is 0.433 e. The summed E-state index contributed by atoms with van der Waals surface area (Å²) in [5, 5.41) is 5.60. The molecule has 1 fully saturated rings. The van der Waals surface area contributed by atoms with Gasteiger partial charge < -0.3 is 20.0 Å². The summed E-state index contributed by atoms with van der Waals surface area (Å²) in [4.78, 5) is 9.68. The van der Waals surface area contributed by atoms with E-state index in [4.69, 9.17) is 16.6 Å². The van der Waals surface area contributed by atoms with Crippen LogP contribution in [0, 0.1) is 5.92 Å². The number of piperidine rings is 1. The molecule has 3 rings (SSSR count). The maximum Gasteiger partial charge on any atom is 0.433 e. The van der Waals surface area contributed by atoms with E-state index in [-0.39, 0.29) is 16.9 Å². The van der Waals surface area contributed by atoms with Crippen LogP contribution in [0.2, 0.25) is 0 Å². The Hall–Kier alpha value is -2.36. The van der Waals surface area contributed by atoms with E-state index >= 15 is 0 Å². The molecular formula is C17H20F3N5OS. The summed E-state index contributed by atoms with van der Waals surface area (Å²) < 4.78 is 45.0. The maximum atomic E-state index is 13.3. The van der Waals surface area contributed by atoms with Gasteiger partial charge in [0.25, 0.3) is 0 Å². The Balaban J connectivity index is 1.76. The Morgan fingerprint density at radius 2 is 2.22 bits per heavy atom. The minimum absolute atomic E-state index is 0.115. The number of hydrogen-bond acceptors (Lipinski definition) is 5. The highest BCUT2D eigenvalue weighted by Crippen LogP contribution is 2.31. The van der Waals surface area contributed by atoms with Crippen LogP contribution >= 0.6 is 12.2 Å². The van der Waals surface area contributed by atoms with Gasteiger partial charge in [0.1, 0.15) is 11.6 Å². The van der Waals surface area contributed by atoms with Crippen LogP contribution in [0.5, 0.6) is 0 Å². The Morgan fingerprint density at radius 1 is 1.41 bits per heavy atom. The predicted octanol–water partition coefficient (Wildman–Crippen LogP) is 3.81. The standard InChI is InChI=1S/C17H20F3N5OS/c1-11-4-2-6-25(10-11)14-8-13(17(18,19)20)22-15(23-14)24-16(27)21-9-12-5-3-7-26-12/h3,5,7-8,11H,2,4,6,9-10H2,1H3,(H2,21,22,23,24,27)/t11-/m1/s1. The first-order valence-electron chi connectivity index (χ1n) is 8.60. The van der Waals surface area contributed by atoms with Gasteiger partial charge in [-0.2, -0.15) is 18.2 Å². The van der Waals surface area contributed by atoms with Gasteiger partial charge in [-0.3, -0.25) is 0 Å². The van der Waals surface area contributed by atoms with Crippen molar-refractivity contribution in [2.24, 2.45) is 5.92 Å². The van der Waals surface area contributed by atoms with Crippen LogP contribution in [-0.4, -0.2) is 28.2 Å². The summed E-state index contributed by atoms with van der Waals surface area (Å²) in [6, 6.07) is 4.48. The van der Waals surface area contributed by atoms with Gasteiger partial charge in [-0.15, -0.1) is 0 Å². The number of anilines is 2. The fourth-order valence-electron chi connectivity index (χ4n) is 2.92. The Morgan fingerprint density at radius 3 is 2.89 bits per heavy atom. The molecule has 10 heteroatoms. The molecule has 27 heavy (non-hydrogen) atoms. The number of alkyl halides is 3. The quantitative estimate of drug-likeness (QED) is 0.758. The summed E-state index contributed by atoms with van der Waals surface area (Å²) in [5.41, 5.74) is -0.998. The fraction of sp³-hybridized carbons (Fsp3) is 0.471. The molecular weight excluding hydrogens is 379 g/mol. The fourth-order valence-corrected chi connectivity index (χ4v) is 3.08. The molecule has 6 nitrogen and oxygen atoms in total. The largest absolute Gasteiger partial charge is 0.467 e. The van der Waals surface area contributed by atoms with Crippen molar-refractivity contribution >= 4 is 29.1 Å². The average Bonchev–Trinajstić information content (AvgIpc) is 3.12. The number of nitrogens with zero attached hydrogens (tertiary/aromatic N) is 3. The highest BCUT2D eigenvalue weighted by molar-refractivity contribution is 7.80. The second kappa shape index (κ2) is 8.12. The molecule has 1 aliphatic rings. The molecule has 2 aromatic rings. The first kappa shape index (κ1) is 19.4. The van der Waals surface area contributed by atoms with Gasteiger partial charge in [0.05, 0.1) is 12.8 Å². The summed E-state index contributed by atoms with van der Waals surface area (Å²) >= 11 is 5.13. The lowest BCUT2D eigenvalue weighted by Gasteiger charge is -2.32. The van der Waals surface area contributed by atoms with Crippen LogP contribution in [0.25, 0.3) is 0 Å². The molecule has 0 unspecified atom stereocenters. The summed E-state index contributed by atoms with van der Waals surface area (Å²) in [6.07, 6.45) is -1.08. The Bertz CT molecular complexity index is 781. The topological polar surface area (TPSA) is 66.2 Å². The third-order valence-corrected chi connectivity index (χ3v) is 4.46. The van der Waals surface area contributed by atoms with E-state index in [0.29, 0.717) is 31.3 Å². The third kappa shape index (κ3) is 5.31. The van der Waals surface area contributed by atoms with Crippen molar-refractivity contribution in [2.75, 3.05) is 23.3 Å². The number of furan rings is 1. The summed E-state index contributed by atoms with van der Waals surface area (Å²) in [5.74, 6) is 1.11. The zero-order valence-electron chi connectivity index (χ0n) is 14.7. The van der Waals surface area contributed by atoms with Crippen molar-refractivity contribution in [1.82, 2.24) is 15.3 Å². The molecule has 0 radical (unpaired) electrons. The van der Waals surface area contributed by atoms with Crippen LogP contribution in [0.3, 0.4) is 0 Å². The lowest BCUT2D eigenvalue weighted by Crippen LogP contribution is -2.35. The highest BCUT2D eigenvalue weighted by atomic mass is 32.1. The molecule has 3 heterocycles. The summed E-state index contributed by atoms with van der Waals surface area (Å²) in [6.45, 7) is 3.70. The number of hydrogen-bond donors (Lipinski definition) is 2. The van der Waals surface area contributed by atoms with Crippen LogP contribution in [0.15, 0.2) is 28.9 Å². The molecule has 0 amide bonds. The van der Waals surface area contributed by atoms with E-state index in [2.05, 4.69) is 27.5 Å². The Labute approximate surface area is 160 Å². The number of rotatable bonds is 4. The number of nitrogens with one attached hydrogen (secondary N) is 2. The van der Waals surface area contributed by atoms with Crippen LogP contribution < -0.4 is 15.5 Å². The molecule has 146 valence electrons. The van der Waals surface area contributed by atoms with Crippen molar-refractivity contribution in [3.05, 3.63) is 35.9 Å². The lowest BCUT2D eigenvalue weighted by molar-refractivity contribution is -0.141. The third-order valence-electron chi connectivity index (χ3n) is 4.21. The number of thiocarbonyl (C=S) groups is 1. The second-order valence-electron chi connectivity index (χ2n) is 6.51. The van der Waals surface area contributed by atoms with Crippen molar-refractivity contribution < 1.29 is 17.6 Å². The van der Waals surface area contributed by atoms with Gasteiger partial charge in [-0.1, -0.05) is 6.92 Å². The highest BCUT2D eigenvalue weighted by Gasteiger charge is 2.34. The molecule has 1 atom stereocenters. The monoisotopic (exact) mass is 399 g/mol. The van der Waals surface area contributed by atoms with E-state index in [1.54, 1.807) is 12.1 Å². The van der Waals surface area contributed by atoms with Crippen LogP contribution in [0.4, 0.5) is 24.9 Å². The van der Waals surface area contributed by atoms with Gasteiger partial charge in [0.2, 0.25) is 5.95 Å². The second-order valence-corrected chi connectivity index (χ2v) is 6.92. The van der Waals surface area contributed by atoms with Gasteiger partial charge in [0.15, 0.2) is 10.8 Å². The number of halogens is 3. The minimum Gasteiger partial charge on any atom is -0.467 e. The molecule has 1 saturated heterocycles. The molecule has 0 aliphatic carbocycles. The van der Waals surface area contributed by atoms with E-state index in [1.165, 1.54) is 6.26 Å². The van der Waals surface area contributed by atoms with Gasteiger partial charge in [0, 0.05) is 19.2 Å². The van der Waals surface area contributed by atoms with Crippen molar-refractivity contribution in [2.45, 2.75) is 32.5 Å². The molecule has 2 N–H and O–H groups in total. The maximum absolute atomic E-state index is 13.3. The van der Waals surface area contributed by atoms with Gasteiger partial charge >= 0.3 is 6.18 Å².